The molecule has 96 valence electrons. The van der Waals surface area contributed by atoms with Crippen molar-refractivity contribution in [3.63, 3.8) is 0 Å². The van der Waals surface area contributed by atoms with Crippen LogP contribution in [0.1, 0.15) is 16.8 Å². The Morgan fingerprint density at radius 1 is 1.33 bits per heavy atom. The summed E-state index contributed by atoms with van der Waals surface area (Å²) in [5.41, 5.74) is 0.830. The first-order valence-corrected chi connectivity index (χ1v) is 7.79. The van der Waals surface area contributed by atoms with Gasteiger partial charge in [-0.3, -0.25) is 0 Å². The van der Waals surface area contributed by atoms with Gasteiger partial charge in [0.2, 0.25) is 0 Å². The number of hydrogen-bond acceptors (Lipinski definition) is 3. The van der Waals surface area contributed by atoms with Gasteiger partial charge in [0.05, 0.1) is 27.3 Å². The smallest absolute Gasteiger partial charge is 0.0925 e. The fourth-order valence-corrected chi connectivity index (χ4v) is 3.08. The van der Waals surface area contributed by atoms with Gasteiger partial charge in [0.15, 0.2) is 0 Å². The predicted molar refractivity (Wildman–Crippen MR) is 83.0 cm³/mol. The molecule has 1 aromatic heterocycles. The maximum absolute atomic E-state index is 6.16. The fraction of sp³-hybridized carbons (Fsp3) is 0.250. The van der Waals surface area contributed by atoms with Gasteiger partial charge in [-0.2, -0.15) is 0 Å². The molecule has 0 unspecified atom stereocenters. The molecule has 1 aromatic carbocycles. The number of aryl methyl sites for hydroxylation is 1. The topological polar surface area (TPSA) is 24.9 Å². The van der Waals surface area contributed by atoms with Gasteiger partial charge in [-0.25, -0.2) is 4.98 Å². The second-order valence-electron chi connectivity index (χ2n) is 3.65. The van der Waals surface area contributed by atoms with E-state index >= 15 is 0 Å². The number of nitrogens with zero attached hydrogens (tertiary/aromatic N) is 1. The lowest BCUT2D eigenvalue weighted by Gasteiger charge is -2.09. The van der Waals surface area contributed by atoms with Crippen LogP contribution in [0.15, 0.2) is 22.8 Å². The van der Waals surface area contributed by atoms with E-state index in [2.05, 4.69) is 33.2 Å². The van der Waals surface area contributed by atoms with Crippen LogP contribution >= 0.6 is 50.5 Å². The third kappa shape index (κ3) is 3.18. The maximum Gasteiger partial charge on any atom is 0.0925 e. The third-order valence-electron chi connectivity index (χ3n) is 2.39. The summed E-state index contributed by atoms with van der Waals surface area (Å²) in [5, 5.41) is 5.47. The van der Waals surface area contributed by atoms with Gasteiger partial charge in [0.1, 0.15) is 0 Å². The van der Waals surface area contributed by atoms with Crippen molar-refractivity contribution in [3.8, 4) is 0 Å². The molecule has 2 nitrogen and oxygen atoms in total. The van der Waals surface area contributed by atoms with Crippen molar-refractivity contribution in [3.05, 3.63) is 42.7 Å². The van der Waals surface area contributed by atoms with Crippen LogP contribution in [0.4, 0.5) is 5.69 Å². The van der Waals surface area contributed by atoms with E-state index in [0.29, 0.717) is 16.6 Å². The number of rotatable bonds is 4. The van der Waals surface area contributed by atoms with Crippen molar-refractivity contribution < 1.29 is 0 Å². The molecule has 0 radical (unpaired) electrons. The molecule has 0 amide bonds. The molecule has 1 heterocycles. The molecule has 2 rings (SSSR count). The minimum Gasteiger partial charge on any atom is -0.379 e. The van der Waals surface area contributed by atoms with Crippen LogP contribution in [-0.2, 0) is 13.0 Å². The number of nitrogens with one attached hydrogen (secondary N) is 1. The van der Waals surface area contributed by atoms with Gasteiger partial charge < -0.3 is 5.32 Å². The Kier molecular flexibility index (Phi) is 4.90. The number of halogens is 3. The van der Waals surface area contributed by atoms with Gasteiger partial charge in [-0.1, -0.05) is 30.1 Å². The third-order valence-corrected chi connectivity index (χ3v) is 5.30. The van der Waals surface area contributed by atoms with Crippen LogP contribution in [0.3, 0.4) is 0 Å². The van der Waals surface area contributed by atoms with Crippen molar-refractivity contribution in [2.75, 3.05) is 5.32 Å². The Morgan fingerprint density at radius 2 is 2.11 bits per heavy atom. The highest BCUT2D eigenvalue weighted by molar-refractivity contribution is 9.10. The number of hydrogen-bond donors (Lipinski definition) is 1. The number of anilines is 1. The van der Waals surface area contributed by atoms with E-state index in [4.69, 9.17) is 23.2 Å². The van der Waals surface area contributed by atoms with Crippen molar-refractivity contribution in [2.24, 2.45) is 0 Å². The second-order valence-corrected chi connectivity index (χ2v) is 6.46. The highest BCUT2D eigenvalue weighted by Crippen LogP contribution is 2.36. The summed E-state index contributed by atoms with van der Waals surface area (Å²) in [6.45, 7) is 2.80. The van der Waals surface area contributed by atoms with Crippen LogP contribution < -0.4 is 5.32 Å². The maximum atomic E-state index is 6.16. The van der Waals surface area contributed by atoms with Crippen LogP contribution in [0.5, 0.6) is 0 Å². The predicted octanol–water partition coefficient (Wildman–Crippen LogP) is 5.39. The summed E-state index contributed by atoms with van der Waals surface area (Å²) in [7, 11) is 0. The van der Waals surface area contributed by atoms with Crippen molar-refractivity contribution in [1.29, 1.82) is 0 Å². The Labute approximate surface area is 128 Å². The van der Waals surface area contributed by atoms with Gasteiger partial charge in [-0.05, 0) is 34.5 Å². The van der Waals surface area contributed by atoms with E-state index in [-0.39, 0.29) is 0 Å². The minimum absolute atomic E-state index is 0.528. The first-order chi connectivity index (χ1) is 8.61. The van der Waals surface area contributed by atoms with E-state index in [1.165, 1.54) is 4.88 Å². The first kappa shape index (κ1) is 14.1. The average Bonchev–Trinajstić information content (AvgIpc) is 2.83. The zero-order valence-electron chi connectivity index (χ0n) is 9.64. The zero-order valence-corrected chi connectivity index (χ0v) is 13.5. The van der Waals surface area contributed by atoms with Gasteiger partial charge in [-0.15, -0.1) is 11.3 Å². The minimum atomic E-state index is 0.528. The molecule has 0 atom stereocenters. The van der Waals surface area contributed by atoms with E-state index in [1.54, 1.807) is 11.3 Å². The summed E-state index contributed by atoms with van der Waals surface area (Å²) in [6, 6.07) is 3.78. The number of benzene rings is 1. The molecule has 0 fully saturated rings. The first-order valence-electron chi connectivity index (χ1n) is 5.42. The molecule has 0 spiro atoms. The van der Waals surface area contributed by atoms with Gasteiger partial charge in [0, 0.05) is 15.5 Å². The molecular weight excluding hydrogens is 355 g/mol. The Bertz CT molecular complexity index is 557. The van der Waals surface area contributed by atoms with E-state index < -0.39 is 0 Å². The molecule has 0 aliphatic heterocycles. The van der Waals surface area contributed by atoms with Gasteiger partial charge >= 0.3 is 0 Å². The summed E-state index contributed by atoms with van der Waals surface area (Å²) in [6.07, 6.45) is 2.86. The molecule has 0 bridgehead atoms. The summed E-state index contributed by atoms with van der Waals surface area (Å²) < 4.78 is 0.797. The second kappa shape index (κ2) is 6.24. The summed E-state index contributed by atoms with van der Waals surface area (Å²) >= 11 is 17.3. The Morgan fingerprint density at radius 3 is 2.78 bits per heavy atom. The lowest BCUT2D eigenvalue weighted by atomic mass is 10.3. The van der Waals surface area contributed by atoms with E-state index in [9.17, 15) is 0 Å². The molecule has 0 saturated carbocycles. The Balaban J connectivity index is 2.08. The zero-order chi connectivity index (χ0) is 13.1. The highest BCUT2D eigenvalue weighted by Gasteiger charge is 2.08. The monoisotopic (exact) mass is 364 g/mol. The highest BCUT2D eigenvalue weighted by atomic mass is 79.9. The normalized spacial score (nSPS) is 10.7. The van der Waals surface area contributed by atoms with Gasteiger partial charge in [0.25, 0.3) is 0 Å². The fourth-order valence-electron chi connectivity index (χ4n) is 1.44. The standard InChI is InChI=1S/C12H11BrCl2N2S/c1-2-10-17-6-7(18-10)5-16-9-4-3-8(13)11(14)12(9)15/h3-4,6,16H,2,5H2,1H3. The van der Waals surface area contributed by atoms with Crippen LogP contribution in [0.2, 0.25) is 10.0 Å². The van der Waals surface area contributed by atoms with E-state index in [1.807, 2.05) is 18.3 Å². The Hall–Kier alpha value is -0.290. The quantitative estimate of drug-likeness (QED) is 0.735. The van der Waals surface area contributed by atoms with Crippen molar-refractivity contribution in [1.82, 2.24) is 4.98 Å². The molecule has 0 aliphatic rings. The van der Waals surface area contributed by atoms with E-state index in [0.717, 1.165) is 21.6 Å². The van der Waals surface area contributed by atoms with Crippen LogP contribution in [0, 0.1) is 0 Å². The molecular formula is C12H11BrCl2N2S. The van der Waals surface area contributed by atoms with Crippen molar-refractivity contribution >= 4 is 56.2 Å². The summed E-state index contributed by atoms with van der Waals surface area (Å²) in [4.78, 5) is 5.50. The lowest BCUT2D eigenvalue weighted by molar-refractivity contribution is 1.09. The SMILES string of the molecule is CCc1ncc(CNc2ccc(Br)c(Cl)c2Cl)s1. The lowest BCUT2D eigenvalue weighted by Crippen LogP contribution is -1.98. The molecule has 0 saturated heterocycles. The number of thiazole rings is 1. The average molecular weight is 366 g/mol. The largest absolute Gasteiger partial charge is 0.379 e. The molecule has 1 N–H and O–H groups in total. The molecule has 0 aliphatic carbocycles. The molecule has 6 heteroatoms. The van der Waals surface area contributed by atoms with Crippen LogP contribution in [0.25, 0.3) is 0 Å². The molecule has 18 heavy (non-hydrogen) atoms. The molecule has 2 aromatic rings. The summed E-state index contributed by atoms with van der Waals surface area (Å²) in [5.74, 6) is 0. The van der Waals surface area contributed by atoms with Crippen molar-refractivity contribution in [2.45, 2.75) is 19.9 Å². The van der Waals surface area contributed by atoms with Crippen LogP contribution in [-0.4, -0.2) is 4.98 Å². The number of aromatic nitrogens is 1.